The summed E-state index contributed by atoms with van der Waals surface area (Å²) in [7, 11) is -4.28. The minimum atomic E-state index is -3.83. The van der Waals surface area contributed by atoms with Crippen LogP contribution >= 0.6 is 0 Å². The van der Waals surface area contributed by atoms with Gasteiger partial charge in [-0.25, -0.2) is 25.9 Å². The highest BCUT2D eigenvalue weighted by Gasteiger charge is 2.26. The van der Waals surface area contributed by atoms with Crippen LogP contribution in [0, 0.1) is 0 Å². The fourth-order valence-corrected chi connectivity index (χ4v) is 4.99. The molecule has 2 rings (SSSR count). The summed E-state index contributed by atoms with van der Waals surface area (Å²) in [6, 6.07) is 3.92. The normalized spacial score (nSPS) is 18.2. The molecule has 1 aromatic rings. The van der Waals surface area contributed by atoms with Gasteiger partial charge in [-0.2, -0.15) is 0 Å². The van der Waals surface area contributed by atoms with Crippen molar-refractivity contribution in [2.75, 3.05) is 40.1 Å². The number of sulfonamides is 2. The summed E-state index contributed by atoms with van der Waals surface area (Å²) < 4.78 is 62.0. The summed E-state index contributed by atoms with van der Waals surface area (Å²) in [5, 5.41) is 2.76. The molecular formula is C17H27N3O7S2. The zero-order valence-electron chi connectivity index (χ0n) is 16.7. The summed E-state index contributed by atoms with van der Waals surface area (Å²) in [6.07, 6.45) is 2.40. The molecule has 1 saturated heterocycles. The number of benzene rings is 1. The third kappa shape index (κ3) is 6.56. The molecule has 0 aliphatic carbocycles. The van der Waals surface area contributed by atoms with Crippen molar-refractivity contribution in [3.63, 3.8) is 0 Å². The van der Waals surface area contributed by atoms with Crippen LogP contribution in [-0.4, -0.2) is 73.2 Å². The topological polar surface area (TPSA) is 131 Å². The molecule has 1 amide bonds. The quantitative estimate of drug-likeness (QED) is 0.539. The predicted molar refractivity (Wildman–Crippen MR) is 107 cm³/mol. The highest BCUT2D eigenvalue weighted by Crippen LogP contribution is 2.29. The van der Waals surface area contributed by atoms with Crippen molar-refractivity contribution in [3.8, 4) is 11.5 Å². The lowest BCUT2D eigenvalue weighted by molar-refractivity contribution is -0.121. The van der Waals surface area contributed by atoms with Crippen LogP contribution in [-0.2, 0) is 24.8 Å². The first kappa shape index (κ1) is 23.4. The number of rotatable bonds is 9. The van der Waals surface area contributed by atoms with Gasteiger partial charge in [0, 0.05) is 38.2 Å². The second kappa shape index (κ2) is 9.74. The number of methoxy groups -OCH3 is 2. The number of nitrogens with one attached hydrogen (secondary N) is 2. The Morgan fingerprint density at radius 3 is 2.48 bits per heavy atom. The van der Waals surface area contributed by atoms with Gasteiger partial charge in [0.2, 0.25) is 26.0 Å². The van der Waals surface area contributed by atoms with E-state index >= 15 is 0 Å². The van der Waals surface area contributed by atoms with E-state index < -0.39 is 20.0 Å². The molecule has 0 saturated carbocycles. The van der Waals surface area contributed by atoms with Crippen molar-refractivity contribution in [1.29, 1.82) is 0 Å². The molecule has 12 heteroatoms. The molecule has 1 unspecified atom stereocenters. The van der Waals surface area contributed by atoms with Crippen LogP contribution in [0.15, 0.2) is 23.1 Å². The Kier molecular flexibility index (Phi) is 7.86. The predicted octanol–water partition coefficient (Wildman–Crippen LogP) is -0.0876. The molecule has 0 spiro atoms. The van der Waals surface area contributed by atoms with Crippen molar-refractivity contribution in [2.45, 2.75) is 30.2 Å². The Morgan fingerprint density at radius 1 is 1.17 bits per heavy atom. The summed E-state index contributed by atoms with van der Waals surface area (Å²) in [5.41, 5.74) is 0. The molecule has 1 fully saturated rings. The summed E-state index contributed by atoms with van der Waals surface area (Å²) in [4.78, 5) is 12.1. The first-order chi connectivity index (χ1) is 13.6. The minimum Gasteiger partial charge on any atom is -0.493 e. The molecule has 1 aliphatic rings. The third-order valence-corrected chi connectivity index (χ3v) is 7.26. The number of amides is 1. The standard InChI is InChI=1S/C17H27N3O7S2/c1-26-15-7-6-14(11-16(15)27-2)29(24,25)18-9-8-17(21)19-13-5-4-10-20(12-13)28(3,22)23/h6-7,11,13,18H,4-5,8-10,12H2,1-3H3,(H,19,21). The summed E-state index contributed by atoms with van der Waals surface area (Å²) in [6.45, 7) is 0.573. The van der Waals surface area contributed by atoms with E-state index in [9.17, 15) is 21.6 Å². The molecule has 10 nitrogen and oxygen atoms in total. The van der Waals surface area contributed by atoms with Crippen LogP contribution in [0.1, 0.15) is 19.3 Å². The number of ether oxygens (including phenoxy) is 2. The Morgan fingerprint density at radius 2 is 1.86 bits per heavy atom. The van der Waals surface area contributed by atoms with E-state index in [1.165, 1.54) is 36.7 Å². The van der Waals surface area contributed by atoms with Gasteiger partial charge >= 0.3 is 0 Å². The van der Waals surface area contributed by atoms with Crippen molar-refractivity contribution >= 4 is 26.0 Å². The van der Waals surface area contributed by atoms with Gasteiger partial charge in [-0.05, 0) is 25.0 Å². The molecule has 1 heterocycles. The van der Waals surface area contributed by atoms with Gasteiger partial charge in [-0.15, -0.1) is 0 Å². The Bertz CT molecular complexity index is 932. The van der Waals surface area contributed by atoms with Gasteiger partial charge in [0.25, 0.3) is 0 Å². The molecule has 0 bridgehead atoms. The Hall–Kier alpha value is -1.89. The Balaban J connectivity index is 1.88. The van der Waals surface area contributed by atoms with Crippen molar-refractivity contribution in [1.82, 2.24) is 14.3 Å². The maximum atomic E-state index is 12.4. The number of hydrogen-bond acceptors (Lipinski definition) is 7. The molecular weight excluding hydrogens is 422 g/mol. The van der Waals surface area contributed by atoms with Gasteiger partial charge in [0.1, 0.15) is 0 Å². The van der Waals surface area contributed by atoms with Crippen LogP contribution in [0.4, 0.5) is 0 Å². The zero-order valence-corrected chi connectivity index (χ0v) is 18.3. The van der Waals surface area contributed by atoms with Crippen molar-refractivity contribution in [3.05, 3.63) is 18.2 Å². The van der Waals surface area contributed by atoms with E-state index in [1.54, 1.807) is 0 Å². The lowest BCUT2D eigenvalue weighted by Gasteiger charge is -2.31. The maximum Gasteiger partial charge on any atom is 0.240 e. The molecule has 0 aromatic heterocycles. The van der Waals surface area contributed by atoms with Crippen LogP contribution in [0.3, 0.4) is 0 Å². The first-order valence-electron chi connectivity index (χ1n) is 9.03. The van der Waals surface area contributed by atoms with Gasteiger partial charge in [-0.3, -0.25) is 4.79 Å². The van der Waals surface area contributed by atoms with Crippen molar-refractivity contribution < 1.29 is 31.1 Å². The monoisotopic (exact) mass is 449 g/mol. The third-order valence-electron chi connectivity index (χ3n) is 4.53. The maximum absolute atomic E-state index is 12.4. The van der Waals surface area contributed by atoms with Crippen LogP contribution < -0.4 is 19.5 Å². The van der Waals surface area contributed by atoms with E-state index in [-0.39, 0.29) is 42.1 Å². The van der Waals surface area contributed by atoms with Crippen LogP contribution in [0.25, 0.3) is 0 Å². The fourth-order valence-electron chi connectivity index (χ4n) is 3.03. The number of hydrogen-bond donors (Lipinski definition) is 2. The van der Waals surface area contributed by atoms with Gasteiger partial charge in [0.05, 0.1) is 25.4 Å². The second-order valence-electron chi connectivity index (χ2n) is 6.69. The second-order valence-corrected chi connectivity index (χ2v) is 10.4. The molecule has 1 aliphatic heterocycles. The molecule has 2 N–H and O–H groups in total. The smallest absolute Gasteiger partial charge is 0.240 e. The van der Waals surface area contributed by atoms with Gasteiger partial charge in [-0.1, -0.05) is 0 Å². The lowest BCUT2D eigenvalue weighted by Crippen LogP contribution is -2.49. The molecule has 1 aromatic carbocycles. The number of nitrogens with zero attached hydrogens (tertiary/aromatic N) is 1. The molecule has 0 radical (unpaired) electrons. The van der Waals surface area contributed by atoms with E-state index in [2.05, 4.69) is 10.0 Å². The van der Waals surface area contributed by atoms with Gasteiger partial charge < -0.3 is 14.8 Å². The molecule has 164 valence electrons. The zero-order chi connectivity index (χ0) is 21.7. The highest BCUT2D eigenvalue weighted by atomic mass is 32.2. The average molecular weight is 450 g/mol. The number of carbonyl (C=O) groups excluding carboxylic acids is 1. The average Bonchev–Trinajstić information content (AvgIpc) is 2.66. The van der Waals surface area contributed by atoms with Crippen molar-refractivity contribution in [2.24, 2.45) is 0 Å². The number of carbonyl (C=O) groups is 1. The van der Waals surface area contributed by atoms with Crippen LogP contribution in [0.2, 0.25) is 0 Å². The van der Waals surface area contributed by atoms with E-state index in [0.29, 0.717) is 25.1 Å². The van der Waals surface area contributed by atoms with E-state index in [1.807, 2.05) is 0 Å². The number of piperidine rings is 1. The van der Waals surface area contributed by atoms with E-state index in [4.69, 9.17) is 9.47 Å². The molecule has 1 atom stereocenters. The molecule has 29 heavy (non-hydrogen) atoms. The minimum absolute atomic E-state index is 0.00775. The largest absolute Gasteiger partial charge is 0.493 e. The van der Waals surface area contributed by atoms with Crippen LogP contribution in [0.5, 0.6) is 11.5 Å². The van der Waals surface area contributed by atoms with E-state index in [0.717, 1.165) is 6.26 Å². The highest BCUT2D eigenvalue weighted by molar-refractivity contribution is 7.89. The fraction of sp³-hybridized carbons (Fsp3) is 0.588. The first-order valence-corrected chi connectivity index (χ1v) is 12.4. The van der Waals surface area contributed by atoms with Gasteiger partial charge in [0.15, 0.2) is 11.5 Å². The Labute approximate surface area is 171 Å². The SMILES string of the molecule is COc1ccc(S(=O)(=O)NCCC(=O)NC2CCCN(S(C)(=O)=O)C2)cc1OC. The lowest BCUT2D eigenvalue weighted by atomic mass is 10.1. The summed E-state index contributed by atoms with van der Waals surface area (Å²) in [5.74, 6) is 0.336. The summed E-state index contributed by atoms with van der Waals surface area (Å²) >= 11 is 0.